The van der Waals surface area contributed by atoms with E-state index in [1.165, 1.54) is 14.1 Å². The Bertz CT molecular complexity index is 1290. The van der Waals surface area contributed by atoms with Gasteiger partial charge in [-0.3, -0.25) is 14.1 Å². The van der Waals surface area contributed by atoms with Crippen LogP contribution in [0.2, 0.25) is 5.15 Å². The monoisotopic (exact) mass is 428 g/mol. The quantitative estimate of drug-likeness (QED) is 0.492. The molecule has 10 heteroatoms. The van der Waals surface area contributed by atoms with E-state index in [1.807, 2.05) is 34.9 Å². The molecule has 0 saturated heterocycles. The second-order valence-corrected chi connectivity index (χ2v) is 8.72. The van der Waals surface area contributed by atoms with Gasteiger partial charge in [-0.1, -0.05) is 17.7 Å². The molecule has 4 heterocycles. The molecule has 0 fully saturated rings. The van der Waals surface area contributed by atoms with Crippen LogP contribution >= 0.6 is 11.6 Å². The van der Waals surface area contributed by atoms with Gasteiger partial charge in [-0.25, -0.2) is 9.97 Å². The molecule has 29 heavy (non-hydrogen) atoms. The molecule has 148 valence electrons. The first kappa shape index (κ1) is 19.3. The summed E-state index contributed by atoms with van der Waals surface area (Å²) in [5, 5.41) is 0.0619. The first-order valence-electron chi connectivity index (χ1n) is 8.59. The lowest BCUT2D eigenvalue weighted by molar-refractivity contribution is 0.527. The molecule has 0 saturated carbocycles. The number of nitrogens with one attached hydrogen (secondary N) is 1. The lowest BCUT2D eigenvalue weighted by Gasteiger charge is -2.14. The molecule has 0 unspecified atom stereocenters. The van der Waals surface area contributed by atoms with Crippen LogP contribution < -0.4 is 4.72 Å². The Kier molecular flexibility index (Phi) is 4.95. The normalized spacial score (nSPS) is 11.9. The molecule has 0 amide bonds. The minimum atomic E-state index is -3.71. The van der Waals surface area contributed by atoms with Crippen molar-refractivity contribution in [3.8, 4) is 22.4 Å². The summed E-state index contributed by atoms with van der Waals surface area (Å²) < 4.78 is 29.7. The third kappa shape index (κ3) is 3.80. The van der Waals surface area contributed by atoms with Gasteiger partial charge in [0.1, 0.15) is 5.65 Å². The van der Waals surface area contributed by atoms with E-state index in [0.29, 0.717) is 5.56 Å². The summed E-state index contributed by atoms with van der Waals surface area (Å²) >= 11 is 6.09. The highest BCUT2D eigenvalue weighted by Crippen LogP contribution is 2.29. The number of aromatic nitrogens is 4. The Labute approximate surface area is 173 Å². The molecule has 4 aromatic rings. The smallest absolute Gasteiger partial charge is 0.300 e. The zero-order valence-corrected chi connectivity index (χ0v) is 17.2. The van der Waals surface area contributed by atoms with Gasteiger partial charge in [-0.2, -0.15) is 12.7 Å². The summed E-state index contributed by atoms with van der Waals surface area (Å²) in [6.07, 6.45) is 8.71. The fourth-order valence-corrected chi connectivity index (χ4v) is 3.62. The van der Waals surface area contributed by atoms with Crippen molar-refractivity contribution in [3.05, 3.63) is 66.5 Å². The van der Waals surface area contributed by atoms with E-state index in [1.54, 1.807) is 30.9 Å². The molecule has 0 atom stereocenters. The van der Waals surface area contributed by atoms with Crippen LogP contribution in [-0.2, 0) is 10.2 Å². The maximum absolute atomic E-state index is 12.1. The minimum absolute atomic E-state index is 0.0619. The molecule has 4 aromatic heterocycles. The first-order valence-corrected chi connectivity index (χ1v) is 10.4. The molecule has 0 radical (unpaired) electrons. The second-order valence-electron chi connectivity index (χ2n) is 6.48. The van der Waals surface area contributed by atoms with Gasteiger partial charge in [-0.15, -0.1) is 0 Å². The number of anilines is 1. The molecule has 0 aliphatic carbocycles. The van der Waals surface area contributed by atoms with Gasteiger partial charge in [0.15, 0.2) is 5.15 Å². The van der Waals surface area contributed by atoms with E-state index in [4.69, 9.17) is 11.6 Å². The third-order valence-electron chi connectivity index (χ3n) is 4.36. The summed E-state index contributed by atoms with van der Waals surface area (Å²) in [7, 11) is -0.851. The molecular formula is C19H17ClN6O2S. The summed E-state index contributed by atoms with van der Waals surface area (Å²) in [6.45, 7) is 0. The van der Waals surface area contributed by atoms with E-state index >= 15 is 0 Å². The predicted molar refractivity (Wildman–Crippen MR) is 113 cm³/mol. The van der Waals surface area contributed by atoms with Gasteiger partial charge in [0, 0.05) is 50.0 Å². The molecule has 1 N–H and O–H groups in total. The number of imidazole rings is 1. The number of hydrogen-bond donors (Lipinski definition) is 1. The zero-order valence-electron chi connectivity index (χ0n) is 15.6. The highest BCUT2D eigenvalue weighted by molar-refractivity contribution is 7.90. The Morgan fingerprint density at radius 1 is 1.03 bits per heavy atom. The fourth-order valence-electron chi connectivity index (χ4n) is 2.80. The van der Waals surface area contributed by atoms with Crippen LogP contribution in [0.3, 0.4) is 0 Å². The number of nitrogens with zero attached hydrogens (tertiary/aromatic N) is 5. The van der Waals surface area contributed by atoms with Gasteiger partial charge in [-0.05, 0) is 29.8 Å². The lowest BCUT2D eigenvalue weighted by Crippen LogP contribution is -2.29. The largest absolute Gasteiger partial charge is 0.301 e. The van der Waals surface area contributed by atoms with Gasteiger partial charge in [0.05, 0.1) is 17.6 Å². The van der Waals surface area contributed by atoms with E-state index in [9.17, 15) is 8.42 Å². The second kappa shape index (κ2) is 7.43. The van der Waals surface area contributed by atoms with Crippen molar-refractivity contribution in [1.82, 2.24) is 23.7 Å². The topological polar surface area (TPSA) is 92.5 Å². The van der Waals surface area contributed by atoms with Crippen molar-refractivity contribution in [1.29, 1.82) is 0 Å². The minimum Gasteiger partial charge on any atom is -0.300 e. The maximum atomic E-state index is 12.1. The predicted octanol–water partition coefficient (Wildman–Crippen LogP) is 3.33. The van der Waals surface area contributed by atoms with Crippen molar-refractivity contribution < 1.29 is 8.42 Å². The van der Waals surface area contributed by atoms with Crippen LogP contribution in [-0.4, -0.2) is 46.2 Å². The van der Waals surface area contributed by atoms with Crippen molar-refractivity contribution in [2.24, 2.45) is 0 Å². The SMILES string of the molecule is CN(C)S(=O)(=O)Nc1cc(-c2cnc3cc(-c4cccnc4)ccn23)cnc1Cl. The number of pyridine rings is 3. The Morgan fingerprint density at radius 2 is 1.86 bits per heavy atom. The third-order valence-corrected chi connectivity index (χ3v) is 6.10. The summed E-state index contributed by atoms with van der Waals surface area (Å²) in [5.74, 6) is 0. The van der Waals surface area contributed by atoms with Crippen LogP contribution in [0, 0.1) is 0 Å². The van der Waals surface area contributed by atoms with Crippen molar-refractivity contribution >= 4 is 33.1 Å². The van der Waals surface area contributed by atoms with Crippen LogP contribution in [0.25, 0.3) is 28.0 Å². The highest BCUT2D eigenvalue weighted by Gasteiger charge is 2.17. The Hall–Kier alpha value is -3.01. The fraction of sp³-hybridized carbons (Fsp3) is 0.105. The highest BCUT2D eigenvalue weighted by atomic mass is 35.5. The van der Waals surface area contributed by atoms with Crippen molar-refractivity contribution in [2.75, 3.05) is 18.8 Å². The molecule has 0 spiro atoms. The standard InChI is InChI=1S/C19H17ClN6O2S/c1-25(2)29(27,28)24-16-8-15(11-23-19(16)20)17-12-22-18-9-13(5-7-26(17)18)14-4-3-6-21-10-14/h3-12,24H,1-2H3. The summed E-state index contributed by atoms with van der Waals surface area (Å²) in [6, 6.07) is 9.42. The van der Waals surface area contributed by atoms with Crippen LogP contribution in [0.5, 0.6) is 0 Å². The molecule has 0 aliphatic rings. The van der Waals surface area contributed by atoms with Crippen LogP contribution in [0.15, 0.2) is 61.3 Å². The van der Waals surface area contributed by atoms with Crippen molar-refractivity contribution in [3.63, 3.8) is 0 Å². The average molecular weight is 429 g/mol. The Balaban J connectivity index is 1.75. The van der Waals surface area contributed by atoms with E-state index < -0.39 is 10.2 Å². The number of rotatable bonds is 5. The zero-order chi connectivity index (χ0) is 20.6. The van der Waals surface area contributed by atoms with Gasteiger partial charge >= 0.3 is 10.2 Å². The van der Waals surface area contributed by atoms with E-state index in [0.717, 1.165) is 26.8 Å². The molecule has 8 nitrogen and oxygen atoms in total. The first-order chi connectivity index (χ1) is 13.8. The van der Waals surface area contributed by atoms with Gasteiger partial charge in [0.2, 0.25) is 0 Å². The van der Waals surface area contributed by atoms with Gasteiger partial charge < -0.3 is 0 Å². The Morgan fingerprint density at radius 3 is 2.59 bits per heavy atom. The molecule has 0 aromatic carbocycles. The number of fused-ring (bicyclic) bond motifs is 1. The van der Waals surface area contributed by atoms with Crippen molar-refractivity contribution in [2.45, 2.75) is 0 Å². The van der Waals surface area contributed by atoms with Gasteiger partial charge in [0.25, 0.3) is 0 Å². The molecular weight excluding hydrogens is 412 g/mol. The summed E-state index contributed by atoms with van der Waals surface area (Å²) in [4.78, 5) is 12.7. The number of halogens is 1. The maximum Gasteiger partial charge on any atom is 0.301 e. The van der Waals surface area contributed by atoms with Crippen LogP contribution in [0.4, 0.5) is 5.69 Å². The number of hydrogen-bond acceptors (Lipinski definition) is 5. The van der Waals surface area contributed by atoms with Crippen LogP contribution in [0.1, 0.15) is 0 Å². The average Bonchev–Trinajstić information content (AvgIpc) is 3.13. The lowest BCUT2D eigenvalue weighted by atomic mass is 10.1. The molecule has 0 aliphatic heterocycles. The van der Waals surface area contributed by atoms with E-state index in [-0.39, 0.29) is 10.8 Å². The summed E-state index contributed by atoms with van der Waals surface area (Å²) in [5.41, 5.74) is 4.36. The molecule has 4 rings (SSSR count). The molecule has 0 bridgehead atoms. The van der Waals surface area contributed by atoms with E-state index in [2.05, 4.69) is 19.7 Å².